The first kappa shape index (κ1) is 12.1. The largest absolute Gasteiger partial charge is 0.272 e. The Balaban J connectivity index is 1.83. The van der Waals surface area contributed by atoms with Crippen LogP contribution in [0.3, 0.4) is 0 Å². The number of hydroxylamine groups is 2. The molecule has 1 aromatic rings. The van der Waals surface area contributed by atoms with E-state index in [-0.39, 0.29) is 11.9 Å². The van der Waals surface area contributed by atoms with Crippen molar-refractivity contribution in [2.45, 2.75) is 38.6 Å². The average molecular weight is 233 g/mol. The van der Waals surface area contributed by atoms with Crippen LogP contribution in [0.25, 0.3) is 0 Å². The Labute approximate surface area is 102 Å². The van der Waals surface area contributed by atoms with Crippen molar-refractivity contribution < 1.29 is 9.63 Å². The van der Waals surface area contributed by atoms with Crippen LogP contribution in [0, 0.1) is 0 Å². The van der Waals surface area contributed by atoms with E-state index in [9.17, 15) is 4.79 Å². The maximum atomic E-state index is 11.4. The lowest BCUT2D eigenvalue weighted by atomic mass is 9.97. The highest BCUT2D eigenvalue weighted by Gasteiger charge is 2.37. The molecule has 0 aromatic heterocycles. The molecule has 92 valence electrons. The Morgan fingerprint density at radius 1 is 1.35 bits per heavy atom. The van der Waals surface area contributed by atoms with E-state index in [4.69, 9.17) is 4.84 Å². The lowest BCUT2D eigenvalue weighted by molar-refractivity contribution is -0.227. The van der Waals surface area contributed by atoms with Gasteiger partial charge in [-0.25, -0.2) is 5.06 Å². The normalized spacial score (nSPS) is 19.2. The first-order valence-corrected chi connectivity index (χ1v) is 6.30. The maximum absolute atomic E-state index is 11.4. The molecule has 1 amide bonds. The minimum atomic E-state index is 0.113. The topological polar surface area (TPSA) is 29.5 Å². The molecule has 1 saturated heterocycles. The van der Waals surface area contributed by atoms with Crippen molar-refractivity contribution in [3.05, 3.63) is 35.9 Å². The number of benzene rings is 1. The monoisotopic (exact) mass is 233 g/mol. The highest BCUT2D eigenvalue weighted by atomic mass is 16.7. The summed E-state index contributed by atoms with van der Waals surface area (Å²) in [5.74, 6) is 0.113. The lowest BCUT2D eigenvalue weighted by Gasteiger charge is -2.38. The summed E-state index contributed by atoms with van der Waals surface area (Å²) in [5, 5.41) is 1.56. The first-order valence-electron chi connectivity index (χ1n) is 6.30. The molecule has 1 aliphatic heterocycles. The Morgan fingerprint density at radius 2 is 2.12 bits per heavy atom. The lowest BCUT2D eigenvalue weighted by Crippen LogP contribution is -2.53. The quantitative estimate of drug-likeness (QED) is 0.558. The number of unbranched alkanes of at least 4 members (excludes halogenated alkanes) is 1. The van der Waals surface area contributed by atoms with E-state index < -0.39 is 0 Å². The first-order chi connectivity index (χ1) is 8.31. The van der Waals surface area contributed by atoms with Gasteiger partial charge in [0.2, 0.25) is 5.91 Å². The van der Waals surface area contributed by atoms with Crippen LogP contribution >= 0.6 is 0 Å². The fourth-order valence-electron chi connectivity index (χ4n) is 1.99. The summed E-state index contributed by atoms with van der Waals surface area (Å²) in [6.45, 7) is 2.76. The molecule has 0 aliphatic carbocycles. The smallest absolute Gasteiger partial charge is 0.248 e. The third-order valence-electron chi connectivity index (χ3n) is 3.03. The SMILES string of the molecule is CCCCON1C(=O)C[C@H]1Cc1ccccc1. The van der Waals surface area contributed by atoms with Crippen LogP contribution in [-0.2, 0) is 16.1 Å². The summed E-state index contributed by atoms with van der Waals surface area (Å²) in [5.41, 5.74) is 1.26. The van der Waals surface area contributed by atoms with Gasteiger partial charge in [-0.2, -0.15) is 0 Å². The summed E-state index contributed by atoms with van der Waals surface area (Å²) in [6.07, 6.45) is 3.59. The number of rotatable bonds is 6. The number of hydrogen-bond acceptors (Lipinski definition) is 2. The fraction of sp³-hybridized carbons (Fsp3) is 0.500. The molecule has 0 N–H and O–H groups in total. The standard InChI is InChI=1S/C14H19NO2/c1-2-3-9-17-15-13(11-14(15)16)10-12-7-5-4-6-8-12/h4-8,13H,2-3,9-11H2,1H3/t13-/m1/s1. The summed E-state index contributed by atoms with van der Waals surface area (Å²) in [7, 11) is 0. The molecule has 0 saturated carbocycles. The zero-order chi connectivity index (χ0) is 12.1. The van der Waals surface area contributed by atoms with Gasteiger partial charge in [0.05, 0.1) is 19.1 Å². The third-order valence-corrected chi connectivity index (χ3v) is 3.03. The van der Waals surface area contributed by atoms with E-state index >= 15 is 0 Å². The summed E-state index contributed by atoms with van der Waals surface area (Å²) in [6, 6.07) is 10.5. The van der Waals surface area contributed by atoms with Crippen molar-refractivity contribution in [1.29, 1.82) is 0 Å². The van der Waals surface area contributed by atoms with E-state index in [1.165, 1.54) is 5.56 Å². The van der Waals surface area contributed by atoms with Crippen molar-refractivity contribution >= 4 is 5.91 Å². The van der Waals surface area contributed by atoms with Crippen molar-refractivity contribution in [3.8, 4) is 0 Å². The Kier molecular flexibility index (Phi) is 4.15. The third kappa shape index (κ3) is 3.07. The van der Waals surface area contributed by atoms with Crippen LogP contribution in [0.1, 0.15) is 31.7 Å². The van der Waals surface area contributed by atoms with Gasteiger partial charge in [0.1, 0.15) is 0 Å². The number of nitrogens with zero attached hydrogens (tertiary/aromatic N) is 1. The van der Waals surface area contributed by atoms with E-state index in [0.29, 0.717) is 13.0 Å². The van der Waals surface area contributed by atoms with E-state index in [2.05, 4.69) is 19.1 Å². The molecule has 2 rings (SSSR count). The molecule has 1 aromatic carbocycles. The Hall–Kier alpha value is -1.35. The number of carbonyl (C=O) groups is 1. The average Bonchev–Trinajstić information content (AvgIpc) is 2.35. The molecule has 3 nitrogen and oxygen atoms in total. The zero-order valence-corrected chi connectivity index (χ0v) is 10.3. The summed E-state index contributed by atoms with van der Waals surface area (Å²) >= 11 is 0. The van der Waals surface area contributed by atoms with Gasteiger partial charge >= 0.3 is 0 Å². The predicted molar refractivity (Wildman–Crippen MR) is 66.3 cm³/mol. The minimum Gasteiger partial charge on any atom is -0.272 e. The maximum Gasteiger partial charge on any atom is 0.248 e. The van der Waals surface area contributed by atoms with Crippen LogP contribution in [0.15, 0.2) is 30.3 Å². The molecule has 1 atom stereocenters. The molecule has 0 radical (unpaired) electrons. The van der Waals surface area contributed by atoms with Gasteiger partial charge in [-0.15, -0.1) is 0 Å². The molecular formula is C14H19NO2. The number of carbonyl (C=O) groups excluding carboxylic acids is 1. The van der Waals surface area contributed by atoms with Crippen LogP contribution in [-0.4, -0.2) is 23.6 Å². The second kappa shape index (κ2) is 5.82. The van der Waals surface area contributed by atoms with E-state index in [1.807, 2.05) is 18.2 Å². The molecule has 0 spiro atoms. The van der Waals surface area contributed by atoms with Gasteiger partial charge in [0.15, 0.2) is 0 Å². The van der Waals surface area contributed by atoms with Gasteiger partial charge in [0, 0.05) is 0 Å². The summed E-state index contributed by atoms with van der Waals surface area (Å²) < 4.78 is 0. The molecule has 1 aliphatic rings. The molecule has 0 bridgehead atoms. The van der Waals surface area contributed by atoms with E-state index in [1.54, 1.807) is 5.06 Å². The van der Waals surface area contributed by atoms with Gasteiger partial charge in [0.25, 0.3) is 0 Å². The number of amides is 1. The van der Waals surface area contributed by atoms with Gasteiger partial charge in [-0.3, -0.25) is 9.63 Å². The van der Waals surface area contributed by atoms with Gasteiger partial charge in [-0.05, 0) is 18.4 Å². The minimum absolute atomic E-state index is 0.113. The predicted octanol–water partition coefficient (Wildman–Crippen LogP) is 2.56. The fourth-order valence-corrected chi connectivity index (χ4v) is 1.99. The van der Waals surface area contributed by atoms with Crippen LogP contribution in [0.4, 0.5) is 0 Å². The molecule has 0 unspecified atom stereocenters. The van der Waals surface area contributed by atoms with Gasteiger partial charge < -0.3 is 0 Å². The second-order valence-electron chi connectivity index (χ2n) is 4.45. The number of hydrogen-bond donors (Lipinski definition) is 0. The highest BCUT2D eigenvalue weighted by Crippen LogP contribution is 2.23. The van der Waals surface area contributed by atoms with E-state index in [0.717, 1.165) is 19.3 Å². The highest BCUT2D eigenvalue weighted by molar-refractivity contribution is 5.81. The van der Waals surface area contributed by atoms with Crippen molar-refractivity contribution in [3.63, 3.8) is 0 Å². The van der Waals surface area contributed by atoms with Crippen molar-refractivity contribution in [1.82, 2.24) is 5.06 Å². The Morgan fingerprint density at radius 3 is 2.76 bits per heavy atom. The van der Waals surface area contributed by atoms with Crippen molar-refractivity contribution in [2.24, 2.45) is 0 Å². The Bertz CT molecular complexity index is 364. The van der Waals surface area contributed by atoms with Crippen LogP contribution in [0.2, 0.25) is 0 Å². The van der Waals surface area contributed by atoms with Crippen molar-refractivity contribution in [2.75, 3.05) is 6.61 Å². The second-order valence-corrected chi connectivity index (χ2v) is 4.45. The summed E-state index contributed by atoms with van der Waals surface area (Å²) in [4.78, 5) is 16.9. The van der Waals surface area contributed by atoms with Gasteiger partial charge in [-0.1, -0.05) is 43.7 Å². The zero-order valence-electron chi connectivity index (χ0n) is 10.3. The molecular weight excluding hydrogens is 214 g/mol. The van der Waals surface area contributed by atoms with Crippen LogP contribution in [0.5, 0.6) is 0 Å². The molecule has 1 fully saturated rings. The molecule has 3 heteroatoms. The number of β-lactam (4-membered cyclic amide) rings is 1. The van der Waals surface area contributed by atoms with Crippen LogP contribution < -0.4 is 0 Å². The molecule has 17 heavy (non-hydrogen) atoms. The molecule has 1 heterocycles.